The molecule has 2 atom stereocenters. The second-order valence-corrected chi connectivity index (χ2v) is 4.85. The van der Waals surface area contributed by atoms with Crippen molar-refractivity contribution >= 4 is 10.1 Å². The van der Waals surface area contributed by atoms with Crippen LogP contribution >= 0.6 is 0 Å². The van der Waals surface area contributed by atoms with E-state index < -0.39 is 16.4 Å². The van der Waals surface area contributed by atoms with Crippen LogP contribution in [0.1, 0.15) is 19.8 Å². The fourth-order valence-electron chi connectivity index (χ4n) is 1.07. The first-order valence-electron chi connectivity index (χ1n) is 4.24. The quantitative estimate of drug-likeness (QED) is 0.653. The normalized spacial score (nSPS) is 29.4. The van der Waals surface area contributed by atoms with Crippen LogP contribution in [0, 0.1) is 0 Å². The number of hydrogen-bond donors (Lipinski definition) is 1. The maximum Gasteiger partial charge on any atom is 0.267 e. The van der Waals surface area contributed by atoms with E-state index in [2.05, 4.69) is 4.18 Å². The molecule has 1 rings (SSSR count). The number of aliphatic hydroxyl groups is 1. The third kappa shape index (κ3) is 3.60. The summed E-state index contributed by atoms with van der Waals surface area (Å²) in [6.07, 6.45) is 0.120. The van der Waals surface area contributed by atoms with Gasteiger partial charge in [-0.2, -0.15) is 8.42 Å². The van der Waals surface area contributed by atoms with Gasteiger partial charge in [-0.25, -0.2) is 0 Å². The van der Waals surface area contributed by atoms with Crippen molar-refractivity contribution in [3.8, 4) is 0 Å². The summed E-state index contributed by atoms with van der Waals surface area (Å²) >= 11 is 0. The Morgan fingerprint density at radius 2 is 2.23 bits per heavy atom. The van der Waals surface area contributed by atoms with Gasteiger partial charge in [-0.3, -0.25) is 4.18 Å². The zero-order valence-electron chi connectivity index (χ0n) is 7.47. The molecule has 6 heteroatoms. The molecule has 78 valence electrons. The molecule has 13 heavy (non-hydrogen) atoms. The minimum absolute atomic E-state index is 0.00718. The molecule has 0 aromatic heterocycles. The van der Waals surface area contributed by atoms with Crippen molar-refractivity contribution in [3.63, 3.8) is 0 Å². The van der Waals surface area contributed by atoms with Crippen LogP contribution in [-0.4, -0.2) is 38.3 Å². The molecular weight excluding hydrogens is 196 g/mol. The van der Waals surface area contributed by atoms with Crippen LogP contribution in [0.3, 0.4) is 0 Å². The molecule has 1 unspecified atom stereocenters. The Labute approximate surface area is 77.8 Å². The maximum atomic E-state index is 10.9. The minimum Gasteiger partial charge on any atom is -0.368 e. The first-order valence-corrected chi connectivity index (χ1v) is 5.82. The summed E-state index contributed by atoms with van der Waals surface area (Å²) in [4.78, 5) is 0. The van der Waals surface area contributed by atoms with E-state index in [1.165, 1.54) is 6.92 Å². The van der Waals surface area contributed by atoms with E-state index in [-0.39, 0.29) is 18.5 Å². The van der Waals surface area contributed by atoms with Gasteiger partial charge < -0.3 is 9.84 Å². The Bertz CT molecular complexity index is 248. The summed E-state index contributed by atoms with van der Waals surface area (Å²) in [5, 5.41) is 8.96. The summed E-state index contributed by atoms with van der Waals surface area (Å²) < 4.78 is 31.4. The van der Waals surface area contributed by atoms with Gasteiger partial charge in [0, 0.05) is 6.42 Å². The van der Waals surface area contributed by atoms with E-state index >= 15 is 0 Å². The van der Waals surface area contributed by atoms with E-state index in [1.807, 2.05) is 0 Å². The number of aliphatic hydroxyl groups excluding tert-OH is 1. The lowest BCUT2D eigenvalue weighted by Crippen LogP contribution is -2.20. The summed E-state index contributed by atoms with van der Waals surface area (Å²) in [6.45, 7) is 1.52. The van der Waals surface area contributed by atoms with Gasteiger partial charge in [0.2, 0.25) is 0 Å². The van der Waals surface area contributed by atoms with Crippen molar-refractivity contribution < 1.29 is 22.4 Å². The molecule has 0 radical (unpaired) electrons. The first-order chi connectivity index (χ1) is 6.03. The maximum absolute atomic E-state index is 10.9. The standard InChI is InChI=1S/C7H14O5S/c1-2-13(9,10)11-5-6-3-4-7(8)12-6/h6-8H,2-5H2,1H3/t6-,7?/m1/s1. The monoisotopic (exact) mass is 210 g/mol. The SMILES string of the molecule is CCS(=O)(=O)OC[C@H]1CCC(O)O1. The molecule has 0 aromatic carbocycles. The average molecular weight is 210 g/mol. The van der Waals surface area contributed by atoms with Gasteiger partial charge in [-0.1, -0.05) is 0 Å². The van der Waals surface area contributed by atoms with Crippen LogP contribution in [0.5, 0.6) is 0 Å². The molecule has 1 heterocycles. The van der Waals surface area contributed by atoms with Gasteiger partial charge in [-0.15, -0.1) is 0 Å². The summed E-state index contributed by atoms with van der Waals surface area (Å²) in [6, 6.07) is 0. The molecule has 5 nitrogen and oxygen atoms in total. The molecule has 1 fully saturated rings. The van der Waals surface area contributed by atoms with Crippen molar-refractivity contribution in [3.05, 3.63) is 0 Å². The fraction of sp³-hybridized carbons (Fsp3) is 1.00. The van der Waals surface area contributed by atoms with Crippen molar-refractivity contribution in [1.82, 2.24) is 0 Å². The van der Waals surface area contributed by atoms with Crippen molar-refractivity contribution in [2.45, 2.75) is 32.2 Å². The highest BCUT2D eigenvalue weighted by atomic mass is 32.2. The number of ether oxygens (including phenoxy) is 1. The lowest BCUT2D eigenvalue weighted by atomic mass is 10.2. The lowest BCUT2D eigenvalue weighted by Gasteiger charge is -2.09. The van der Waals surface area contributed by atoms with Gasteiger partial charge >= 0.3 is 0 Å². The predicted molar refractivity (Wildman–Crippen MR) is 45.5 cm³/mol. The highest BCUT2D eigenvalue weighted by molar-refractivity contribution is 7.86. The lowest BCUT2D eigenvalue weighted by molar-refractivity contribution is -0.0981. The van der Waals surface area contributed by atoms with Crippen LogP contribution in [0.15, 0.2) is 0 Å². The fourth-order valence-corrected chi connectivity index (χ4v) is 1.60. The Hall–Kier alpha value is -0.170. The third-order valence-electron chi connectivity index (χ3n) is 1.87. The van der Waals surface area contributed by atoms with Gasteiger partial charge in [0.05, 0.1) is 18.5 Å². The van der Waals surface area contributed by atoms with E-state index in [0.29, 0.717) is 12.8 Å². The summed E-state index contributed by atoms with van der Waals surface area (Å²) in [7, 11) is -3.39. The summed E-state index contributed by atoms with van der Waals surface area (Å²) in [5.74, 6) is -0.0394. The molecular formula is C7H14O5S. The Kier molecular flexibility index (Phi) is 3.66. The van der Waals surface area contributed by atoms with Crippen molar-refractivity contribution in [1.29, 1.82) is 0 Å². The molecule has 0 spiro atoms. The Morgan fingerprint density at radius 1 is 1.54 bits per heavy atom. The Morgan fingerprint density at radius 3 is 2.69 bits per heavy atom. The molecule has 0 amide bonds. The average Bonchev–Trinajstić information content (AvgIpc) is 2.48. The Balaban J connectivity index is 2.27. The smallest absolute Gasteiger partial charge is 0.267 e. The molecule has 1 aliphatic rings. The van der Waals surface area contributed by atoms with Gasteiger partial charge in [-0.05, 0) is 13.3 Å². The van der Waals surface area contributed by atoms with Gasteiger partial charge in [0.15, 0.2) is 6.29 Å². The zero-order valence-corrected chi connectivity index (χ0v) is 8.29. The topological polar surface area (TPSA) is 72.8 Å². The highest BCUT2D eigenvalue weighted by Gasteiger charge is 2.24. The molecule has 1 N–H and O–H groups in total. The molecule has 0 bridgehead atoms. The predicted octanol–water partition coefficient (Wildman–Crippen LogP) is -0.150. The van der Waals surface area contributed by atoms with E-state index in [1.54, 1.807) is 0 Å². The molecule has 1 aliphatic heterocycles. The van der Waals surface area contributed by atoms with Crippen LogP contribution < -0.4 is 0 Å². The van der Waals surface area contributed by atoms with E-state index in [9.17, 15) is 8.42 Å². The third-order valence-corrected chi connectivity index (χ3v) is 3.07. The van der Waals surface area contributed by atoms with E-state index in [0.717, 1.165) is 0 Å². The zero-order chi connectivity index (χ0) is 9.90. The van der Waals surface area contributed by atoms with Crippen LogP contribution in [0.25, 0.3) is 0 Å². The largest absolute Gasteiger partial charge is 0.368 e. The van der Waals surface area contributed by atoms with E-state index in [4.69, 9.17) is 9.84 Å². The summed E-state index contributed by atoms with van der Waals surface area (Å²) in [5.41, 5.74) is 0. The number of hydrogen-bond acceptors (Lipinski definition) is 5. The van der Waals surface area contributed by atoms with Gasteiger partial charge in [0.25, 0.3) is 10.1 Å². The van der Waals surface area contributed by atoms with Crippen molar-refractivity contribution in [2.75, 3.05) is 12.4 Å². The van der Waals surface area contributed by atoms with Crippen molar-refractivity contribution in [2.24, 2.45) is 0 Å². The van der Waals surface area contributed by atoms with Gasteiger partial charge in [0.1, 0.15) is 0 Å². The molecule has 0 aliphatic carbocycles. The van der Waals surface area contributed by atoms with Crippen LogP contribution in [-0.2, 0) is 19.0 Å². The number of rotatable bonds is 4. The minimum atomic E-state index is -3.39. The second-order valence-electron chi connectivity index (χ2n) is 2.92. The van der Waals surface area contributed by atoms with Crippen LogP contribution in [0.4, 0.5) is 0 Å². The second kappa shape index (κ2) is 4.36. The molecule has 0 aromatic rings. The first kappa shape index (κ1) is 10.9. The van der Waals surface area contributed by atoms with Crippen LogP contribution in [0.2, 0.25) is 0 Å². The highest BCUT2D eigenvalue weighted by Crippen LogP contribution is 2.18. The molecule has 0 saturated carbocycles. The molecule has 1 saturated heterocycles.